The number of aryl methyl sites for hydroxylation is 1. The number of urea groups is 1. The van der Waals surface area contributed by atoms with Gasteiger partial charge in [0, 0.05) is 45.5 Å². The number of piperidine rings is 1. The molecular weight excluding hydrogens is 388 g/mol. The zero-order valence-corrected chi connectivity index (χ0v) is 17.5. The summed E-state index contributed by atoms with van der Waals surface area (Å²) in [5.74, 6) is 1.75. The summed E-state index contributed by atoms with van der Waals surface area (Å²) in [5, 5.41) is 3.48. The molecule has 0 atom stereocenters. The van der Waals surface area contributed by atoms with E-state index in [-0.39, 0.29) is 6.03 Å². The molecule has 4 rings (SSSR count). The number of nitrogens with zero attached hydrogens (tertiary/aromatic N) is 5. The van der Waals surface area contributed by atoms with Gasteiger partial charge in [-0.05, 0) is 49.9 Å². The van der Waals surface area contributed by atoms with E-state index in [1.807, 2.05) is 42.3 Å². The topological polar surface area (TPSA) is 64.6 Å². The van der Waals surface area contributed by atoms with Crippen LogP contribution >= 0.6 is 11.6 Å². The summed E-state index contributed by atoms with van der Waals surface area (Å²) >= 11 is 6.23. The molecule has 1 N–H and O–H groups in total. The van der Waals surface area contributed by atoms with Crippen LogP contribution in [0, 0.1) is 6.92 Å². The summed E-state index contributed by atoms with van der Waals surface area (Å²) in [6.07, 6.45) is 5.53. The number of nitrogens with one attached hydrogen (secondary N) is 1. The summed E-state index contributed by atoms with van der Waals surface area (Å²) in [4.78, 5) is 28.2. The van der Waals surface area contributed by atoms with Gasteiger partial charge in [0.05, 0.1) is 10.7 Å². The molecule has 3 heterocycles. The average molecular weight is 415 g/mol. The second kappa shape index (κ2) is 8.86. The molecule has 2 amide bonds. The van der Waals surface area contributed by atoms with Crippen LogP contribution in [0.4, 0.5) is 22.2 Å². The van der Waals surface area contributed by atoms with Crippen molar-refractivity contribution in [3.63, 3.8) is 0 Å². The minimum atomic E-state index is -0.118. The van der Waals surface area contributed by atoms with Crippen LogP contribution in [0.2, 0.25) is 5.02 Å². The van der Waals surface area contributed by atoms with E-state index in [9.17, 15) is 4.79 Å². The van der Waals surface area contributed by atoms with Gasteiger partial charge in [0.15, 0.2) is 0 Å². The van der Waals surface area contributed by atoms with Gasteiger partial charge in [0.1, 0.15) is 5.82 Å². The van der Waals surface area contributed by atoms with E-state index in [1.165, 1.54) is 19.3 Å². The number of halogens is 1. The first-order valence-corrected chi connectivity index (χ1v) is 10.6. The molecule has 0 radical (unpaired) electrons. The second-order valence-electron chi connectivity index (χ2n) is 7.65. The van der Waals surface area contributed by atoms with Crippen molar-refractivity contribution < 1.29 is 4.79 Å². The molecule has 1 aromatic carbocycles. The lowest BCUT2D eigenvalue weighted by atomic mass is 10.1. The molecule has 0 bridgehead atoms. The number of aromatic nitrogens is 2. The zero-order chi connectivity index (χ0) is 20.2. The van der Waals surface area contributed by atoms with Gasteiger partial charge in [-0.15, -0.1) is 0 Å². The first-order chi connectivity index (χ1) is 14.1. The average Bonchev–Trinajstić information content (AvgIpc) is 2.76. The summed E-state index contributed by atoms with van der Waals surface area (Å²) in [6.45, 7) is 6.78. The van der Waals surface area contributed by atoms with Gasteiger partial charge in [0.2, 0.25) is 5.95 Å². The fourth-order valence-electron chi connectivity index (χ4n) is 3.82. The summed E-state index contributed by atoms with van der Waals surface area (Å²) < 4.78 is 0. The summed E-state index contributed by atoms with van der Waals surface area (Å²) in [7, 11) is 0. The minimum absolute atomic E-state index is 0.118. The standard InChI is InChI=1S/C21H27ClN6O/c1-16-5-6-18(17(22)15-16)24-21(29)28-13-11-26(12-14-28)19-7-8-23-20(25-19)27-9-3-2-4-10-27/h5-8,15H,2-4,9-14H2,1H3,(H,24,29). The number of benzene rings is 1. The van der Waals surface area contributed by atoms with Crippen molar-refractivity contribution in [2.45, 2.75) is 26.2 Å². The monoisotopic (exact) mass is 414 g/mol. The van der Waals surface area contributed by atoms with E-state index in [1.54, 1.807) is 0 Å². The first-order valence-electron chi connectivity index (χ1n) is 10.3. The SMILES string of the molecule is Cc1ccc(NC(=O)N2CCN(c3ccnc(N4CCCCC4)n3)CC2)c(Cl)c1. The molecule has 1 aromatic heterocycles. The van der Waals surface area contributed by atoms with E-state index in [4.69, 9.17) is 16.6 Å². The number of amides is 2. The third-order valence-corrected chi connectivity index (χ3v) is 5.84. The van der Waals surface area contributed by atoms with Crippen LogP contribution in [0.25, 0.3) is 0 Å². The Hall–Kier alpha value is -2.54. The third kappa shape index (κ3) is 4.72. The van der Waals surface area contributed by atoms with Gasteiger partial charge in [-0.25, -0.2) is 9.78 Å². The molecule has 0 unspecified atom stereocenters. The molecule has 2 fully saturated rings. The van der Waals surface area contributed by atoms with Crippen LogP contribution in [0.15, 0.2) is 30.5 Å². The van der Waals surface area contributed by atoms with Crippen molar-refractivity contribution in [3.05, 3.63) is 41.0 Å². The number of piperazine rings is 1. The number of hydrogen-bond acceptors (Lipinski definition) is 5. The number of carbonyl (C=O) groups is 1. The van der Waals surface area contributed by atoms with Crippen molar-refractivity contribution in [3.8, 4) is 0 Å². The van der Waals surface area contributed by atoms with E-state index in [2.05, 4.69) is 20.1 Å². The van der Waals surface area contributed by atoms with Gasteiger partial charge >= 0.3 is 6.03 Å². The van der Waals surface area contributed by atoms with Crippen LogP contribution in [0.3, 0.4) is 0 Å². The summed E-state index contributed by atoms with van der Waals surface area (Å²) in [5.41, 5.74) is 1.71. The van der Waals surface area contributed by atoms with Gasteiger partial charge in [-0.2, -0.15) is 4.98 Å². The van der Waals surface area contributed by atoms with Crippen LogP contribution in [0.5, 0.6) is 0 Å². The van der Waals surface area contributed by atoms with Crippen molar-refractivity contribution in [1.82, 2.24) is 14.9 Å². The molecule has 2 aliphatic rings. The summed E-state index contributed by atoms with van der Waals surface area (Å²) in [6, 6.07) is 7.47. The fraction of sp³-hybridized carbons (Fsp3) is 0.476. The van der Waals surface area contributed by atoms with E-state index < -0.39 is 0 Å². The predicted molar refractivity (Wildman–Crippen MR) is 117 cm³/mol. The highest BCUT2D eigenvalue weighted by atomic mass is 35.5. The third-order valence-electron chi connectivity index (χ3n) is 5.52. The number of rotatable bonds is 3. The molecule has 7 nitrogen and oxygen atoms in total. The van der Waals surface area contributed by atoms with E-state index in [0.717, 1.165) is 43.5 Å². The van der Waals surface area contributed by atoms with Gasteiger partial charge in [-0.3, -0.25) is 0 Å². The van der Waals surface area contributed by atoms with Gasteiger partial charge in [-0.1, -0.05) is 17.7 Å². The maximum absolute atomic E-state index is 12.6. The Balaban J connectivity index is 1.35. The fourth-order valence-corrected chi connectivity index (χ4v) is 4.10. The Morgan fingerprint density at radius 2 is 1.76 bits per heavy atom. The maximum Gasteiger partial charge on any atom is 0.322 e. The number of hydrogen-bond donors (Lipinski definition) is 1. The highest BCUT2D eigenvalue weighted by Gasteiger charge is 2.23. The van der Waals surface area contributed by atoms with E-state index >= 15 is 0 Å². The minimum Gasteiger partial charge on any atom is -0.353 e. The molecule has 0 spiro atoms. The number of carbonyl (C=O) groups excluding carboxylic acids is 1. The Kier molecular flexibility index (Phi) is 6.04. The Morgan fingerprint density at radius 3 is 2.48 bits per heavy atom. The molecule has 154 valence electrons. The quantitative estimate of drug-likeness (QED) is 0.827. The number of anilines is 3. The van der Waals surface area contributed by atoms with Crippen molar-refractivity contribution in [2.24, 2.45) is 0 Å². The van der Waals surface area contributed by atoms with Crippen LogP contribution in [-0.2, 0) is 0 Å². The van der Waals surface area contributed by atoms with Crippen LogP contribution in [-0.4, -0.2) is 60.2 Å². The molecule has 29 heavy (non-hydrogen) atoms. The molecular formula is C21H27ClN6O. The largest absolute Gasteiger partial charge is 0.353 e. The molecule has 2 saturated heterocycles. The lowest BCUT2D eigenvalue weighted by Gasteiger charge is -2.36. The lowest BCUT2D eigenvalue weighted by molar-refractivity contribution is 0.208. The van der Waals surface area contributed by atoms with Crippen LogP contribution in [0.1, 0.15) is 24.8 Å². The predicted octanol–water partition coefficient (Wildman–Crippen LogP) is 3.78. The molecule has 8 heteroatoms. The Bertz CT molecular complexity index is 862. The Labute approximate surface area is 176 Å². The molecule has 0 aliphatic carbocycles. The van der Waals surface area contributed by atoms with Crippen molar-refractivity contribution in [1.29, 1.82) is 0 Å². The molecule has 2 aromatic rings. The Morgan fingerprint density at radius 1 is 1.00 bits per heavy atom. The van der Waals surface area contributed by atoms with Crippen molar-refractivity contribution in [2.75, 3.05) is 54.4 Å². The molecule has 0 saturated carbocycles. The smallest absolute Gasteiger partial charge is 0.322 e. The van der Waals surface area contributed by atoms with Crippen molar-refractivity contribution >= 4 is 35.1 Å². The second-order valence-corrected chi connectivity index (χ2v) is 8.06. The van der Waals surface area contributed by atoms with Crippen LogP contribution < -0.4 is 15.1 Å². The van der Waals surface area contributed by atoms with E-state index in [0.29, 0.717) is 23.8 Å². The highest BCUT2D eigenvalue weighted by molar-refractivity contribution is 6.33. The maximum atomic E-state index is 12.6. The van der Waals surface area contributed by atoms with Gasteiger partial charge in [0.25, 0.3) is 0 Å². The lowest BCUT2D eigenvalue weighted by Crippen LogP contribution is -2.50. The first kappa shape index (κ1) is 19.8. The normalized spacial score (nSPS) is 17.4. The zero-order valence-electron chi connectivity index (χ0n) is 16.8. The highest BCUT2D eigenvalue weighted by Crippen LogP contribution is 2.24. The molecule has 2 aliphatic heterocycles. The van der Waals surface area contributed by atoms with Gasteiger partial charge < -0.3 is 20.0 Å².